The summed E-state index contributed by atoms with van der Waals surface area (Å²) in [6, 6.07) is 6.29. The van der Waals surface area contributed by atoms with Crippen molar-refractivity contribution >= 4 is 11.7 Å². The van der Waals surface area contributed by atoms with Crippen molar-refractivity contribution in [2.24, 2.45) is 0 Å². The lowest BCUT2D eigenvalue weighted by atomic mass is 9.93. The number of aromatic nitrogens is 3. The van der Waals surface area contributed by atoms with Gasteiger partial charge in [0.2, 0.25) is 0 Å². The number of anilines is 1. The summed E-state index contributed by atoms with van der Waals surface area (Å²) in [6.07, 6.45) is 3.84. The molecule has 140 valence electrons. The van der Waals surface area contributed by atoms with E-state index in [2.05, 4.69) is 56.4 Å². The molecule has 0 atom stereocenters. The van der Waals surface area contributed by atoms with Crippen LogP contribution in [0.15, 0.2) is 24.4 Å². The first kappa shape index (κ1) is 18.4. The highest BCUT2D eigenvalue weighted by Crippen LogP contribution is 2.25. The Balaban J connectivity index is 1.57. The summed E-state index contributed by atoms with van der Waals surface area (Å²) in [5.74, 6) is 0. The van der Waals surface area contributed by atoms with Gasteiger partial charge in [-0.1, -0.05) is 32.1 Å². The van der Waals surface area contributed by atoms with Gasteiger partial charge in [0, 0.05) is 30.4 Å². The fourth-order valence-electron chi connectivity index (χ4n) is 3.15. The molecule has 0 aliphatic carbocycles. The Morgan fingerprint density at radius 3 is 2.42 bits per heavy atom. The number of piperidine rings is 1. The van der Waals surface area contributed by atoms with Gasteiger partial charge in [-0.2, -0.15) is 0 Å². The molecule has 2 heterocycles. The van der Waals surface area contributed by atoms with Crippen LogP contribution in [0, 0.1) is 13.8 Å². The van der Waals surface area contributed by atoms with Gasteiger partial charge < -0.3 is 10.2 Å². The number of amides is 2. The first-order valence-corrected chi connectivity index (χ1v) is 9.29. The van der Waals surface area contributed by atoms with Crippen molar-refractivity contribution in [3.05, 3.63) is 41.2 Å². The van der Waals surface area contributed by atoms with Crippen LogP contribution in [0.1, 0.15) is 56.5 Å². The Hall–Kier alpha value is -2.37. The Bertz CT molecular complexity index is 782. The quantitative estimate of drug-likeness (QED) is 0.883. The molecule has 1 aromatic heterocycles. The van der Waals surface area contributed by atoms with E-state index < -0.39 is 0 Å². The maximum Gasteiger partial charge on any atom is 0.321 e. The van der Waals surface area contributed by atoms with Crippen molar-refractivity contribution in [1.29, 1.82) is 0 Å². The van der Waals surface area contributed by atoms with Crippen LogP contribution in [0.5, 0.6) is 0 Å². The van der Waals surface area contributed by atoms with Crippen molar-refractivity contribution in [1.82, 2.24) is 19.9 Å². The zero-order chi connectivity index (χ0) is 18.9. The third-order valence-corrected chi connectivity index (χ3v) is 5.16. The zero-order valence-electron chi connectivity index (χ0n) is 16.4. The van der Waals surface area contributed by atoms with Crippen molar-refractivity contribution < 1.29 is 4.79 Å². The summed E-state index contributed by atoms with van der Waals surface area (Å²) in [6.45, 7) is 12.0. The normalized spacial score (nSPS) is 16.0. The van der Waals surface area contributed by atoms with E-state index in [1.54, 1.807) is 0 Å². The maximum atomic E-state index is 12.5. The molecule has 0 radical (unpaired) electrons. The van der Waals surface area contributed by atoms with Crippen LogP contribution in [0.4, 0.5) is 10.5 Å². The van der Waals surface area contributed by atoms with Gasteiger partial charge in [0.05, 0.1) is 11.7 Å². The summed E-state index contributed by atoms with van der Waals surface area (Å²) >= 11 is 0. The highest BCUT2D eigenvalue weighted by molar-refractivity contribution is 5.89. The molecule has 0 bridgehead atoms. The van der Waals surface area contributed by atoms with E-state index in [4.69, 9.17) is 0 Å². The first-order valence-electron chi connectivity index (χ1n) is 9.29. The van der Waals surface area contributed by atoms with E-state index >= 15 is 0 Å². The van der Waals surface area contributed by atoms with E-state index in [0.717, 1.165) is 37.3 Å². The molecule has 2 aromatic rings. The first-order chi connectivity index (χ1) is 12.2. The van der Waals surface area contributed by atoms with Crippen LogP contribution in [0.25, 0.3) is 0 Å². The Labute approximate surface area is 155 Å². The second kappa shape index (κ2) is 7.09. The van der Waals surface area contributed by atoms with Gasteiger partial charge in [0.1, 0.15) is 0 Å². The molecule has 0 spiro atoms. The molecule has 2 amide bonds. The summed E-state index contributed by atoms with van der Waals surface area (Å²) in [5.41, 5.74) is 4.28. The van der Waals surface area contributed by atoms with Crippen molar-refractivity contribution in [3.63, 3.8) is 0 Å². The van der Waals surface area contributed by atoms with Gasteiger partial charge in [0.25, 0.3) is 0 Å². The minimum Gasteiger partial charge on any atom is -0.324 e. The van der Waals surface area contributed by atoms with E-state index in [-0.39, 0.29) is 11.4 Å². The highest BCUT2D eigenvalue weighted by Gasteiger charge is 2.26. The number of benzene rings is 1. The highest BCUT2D eigenvalue weighted by atomic mass is 16.2. The molecule has 6 heteroatoms. The number of carbonyl (C=O) groups excluding carboxylic acids is 1. The van der Waals surface area contributed by atoms with Crippen LogP contribution in [0.3, 0.4) is 0 Å². The minimum atomic E-state index is -0.0272. The summed E-state index contributed by atoms with van der Waals surface area (Å²) in [5, 5.41) is 11.6. The second-order valence-corrected chi connectivity index (χ2v) is 8.28. The van der Waals surface area contributed by atoms with Crippen LogP contribution in [-0.4, -0.2) is 39.0 Å². The minimum absolute atomic E-state index is 0.00497. The smallest absolute Gasteiger partial charge is 0.321 e. The topological polar surface area (TPSA) is 63.1 Å². The number of rotatable bonds is 2. The van der Waals surface area contributed by atoms with E-state index in [1.807, 2.05) is 27.8 Å². The predicted molar refractivity (Wildman–Crippen MR) is 104 cm³/mol. The lowest BCUT2D eigenvalue weighted by molar-refractivity contribution is 0.179. The monoisotopic (exact) mass is 355 g/mol. The molecule has 1 fully saturated rings. The Morgan fingerprint density at radius 1 is 1.15 bits per heavy atom. The Kier molecular flexibility index (Phi) is 5.03. The molecule has 0 unspecified atom stereocenters. The number of hydrogen-bond acceptors (Lipinski definition) is 3. The number of nitrogens with one attached hydrogen (secondary N) is 1. The lowest BCUT2D eigenvalue weighted by Gasteiger charge is -2.32. The fourth-order valence-corrected chi connectivity index (χ4v) is 3.15. The summed E-state index contributed by atoms with van der Waals surface area (Å²) in [4.78, 5) is 14.4. The van der Waals surface area contributed by atoms with Gasteiger partial charge in [0.15, 0.2) is 0 Å². The lowest BCUT2D eigenvalue weighted by Crippen LogP contribution is -2.41. The number of urea groups is 1. The number of aryl methyl sites for hydroxylation is 2. The molecule has 1 aliphatic rings. The third kappa shape index (κ3) is 4.06. The van der Waals surface area contributed by atoms with Crippen LogP contribution >= 0.6 is 0 Å². The van der Waals surface area contributed by atoms with Crippen LogP contribution < -0.4 is 5.32 Å². The molecule has 26 heavy (non-hydrogen) atoms. The number of likely N-dealkylation sites (tertiary alicyclic amines) is 1. The average molecular weight is 355 g/mol. The standard InChI is InChI=1S/C20H29N5O/c1-14-6-7-16(12-15(14)2)21-19(26)24-10-8-17(9-11-24)25-13-18(22-23-25)20(3,4)5/h6-7,12-13,17H,8-11H2,1-5H3,(H,21,26). The predicted octanol–water partition coefficient (Wildman–Crippen LogP) is 4.06. The van der Waals surface area contributed by atoms with Crippen molar-refractivity contribution in [2.75, 3.05) is 18.4 Å². The average Bonchev–Trinajstić information content (AvgIpc) is 3.09. The van der Waals surface area contributed by atoms with Gasteiger partial charge >= 0.3 is 6.03 Å². The molecular formula is C20H29N5O. The number of hydrogen-bond donors (Lipinski definition) is 1. The van der Waals surface area contributed by atoms with Gasteiger partial charge in [-0.25, -0.2) is 9.48 Å². The fraction of sp³-hybridized carbons (Fsp3) is 0.550. The van der Waals surface area contributed by atoms with Crippen LogP contribution in [0.2, 0.25) is 0 Å². The molecule has 3 rings (SSSR count). The van der Waals surface area contributed by atoms with E-state index in [9.17, 15) is 4.79 Å². The zero-order valence-corrected chi connectivity index (χ0v) is 16.4. The van der Waals surface area contributed by atoms with Gasteiger partial charge in [-0.05, 0) is 49.9 Å². The molecule has 1 aromatic carbocycles. The SMILES string of the molecule is Cc1ccc(NC(=O)N2CCC(n3cc(C(C)(C)C)nn3)CC2)cc1C. The second-order valence-electron chi connectivity index (χ2n) is 8.28. The summed E-state index contributed by atoms with van der Waals surface area (Å²) in [7, 11) is 0. The molecule has 1 N–H and O–H groups in total. The van der Waals surface area contributed by atoms with Crippen LogP contribution in [-0.2, 0) is 5.41 Å². The van der Waals surface area contributed by atoms with Gasteiger partial charge in [-0.15, -0.1) is 5.10 Å². The summed E-state index contributed by atoms with van der Waals surface area (Å²) < 4.78 is 1.97. The van der Waals surface area contributed by atoms with E-state index in [1.165, 1.54) is 11.1 Å². The number of nitrogens with zero attached hydrogens (tertiary/aromatic N) is 4. The molecule has 1 saturated heterocycles. The third-order valence-electron chi connectivity index (χ3n) is 5.16. The maximum absolute atomic E-state index is 12.5. The Morgan fingerprint density at radius 2 is 1.85 bits per heavy atom. The largest absolute Gasteiger partial charge is 0.324 e. The molecule has 6 nitrogen and oxygen atoms in total. The number of carbonyl (C=O) groups is 1. The van der Waals surface area contributed by atoms with Crippen molar-refractivity contribution in [2.45, 2.75) is 58.9 Å². The molecular weight excluding hydrogens is 326 g/mol. The van der Waals surface area contributed by atoms with Crippen molar-refractivity contribution in [3.8, 4) is 0 Å². The molecule has 1 aliphatic heterocycles. The van der Waals surface area contributed by atoms with Gasteiger partial charge in [-0.3, -0.25) is 0 Å². The van der Waals surface area contributed by atoms with E-state index in [0.29, 0.717) is 6.04 Å². The molecule has 0 saturated carbocycles.